The molecule has 3 unspecified atom stereocenters. The maximum Gasteiger partial charge on any atom is 0.224 e. The molecule has 2 bridgehead atoms. The Balaban J connectivity index is 1.63. The highest BCUT2D eigenvalue weighted by Crippen LogP contribution is 2.49. The molecule has 2 aliphatic carbocycles. The van der Waals surface area contributed by atoms with Crippen molar-refractivity contribution in [3.05, 3.63) is 22.7 Å². The number of benzene rings is 1. The number of carbonyl (C=O) groups excluding carboxylic acids is 1. The second kappa shape index (κ2) is 5.28. The van der Waals surface area contributed by atoms with Crippen molar-refractivity contribution in [1.29, 1.82) is 0 Å². The summed E-state index contributed by atoms with van der Waals surface area (Å²) in [5, 5.41) is 3.48. The minimum Gasteiger partial charge on any atom is -0.398 e. The third-order valence-corrected chi connectivity index (χ3v) is 5.28. The fourth-order valence-corrected chi connectivity index (χ4v) is 4.07. The second-order valence-corrected chi connectivity index (χ2v) is 6.78. The predicted molar refractivity (Wildman–Crippen MR) is 82.8 cm³/mol. The van der Waals surface area contributed by atoms with Gasteiger partial charge in [0.1, 0.15) is 0 Å². The van der Waals surface area contributed by atoms with Crippen LogP contribution in [0.25, 0.3) is 0 Å². The van der Waals surface area contributed by atoms with E-state index in [1.807, 2.05) is 6.92 Å². The van der Waals surface area contributed by atoms with Crippen LogP contribution in [0, 0.1) is 24.7 Å². The molecule has 2 saturated carbocycles. The van der Waals surface area contributed by atoms with E-state index in [2.05, 4.69) is 5.32 Å². The molecule has 1 aromatic carbocycles. The molecule has 1 aromatic rings. The van der Waals surface area contributed by atoms with E-state index < -0.39 is 0 Å². The summed E-state index contributed by atoms with van der Waals surface area (Å²) >= 11 is 6.01. The molecule has 0 spiro atoms. The summed E-state index contributed by atoms with van der Waals surface area (Å²) in [6, 6.07) is 3.54. The fraction of sp³-hybridized carbons (Fsp3) is 0.562. The van der Waals surface area contributed by atoms with Crippen LogP contribution in [0.5, 0.6) is 0 Å². The van der Waals surface area contributed by atoms with Gasteiger partial charge >= 0.3 is 0 Å². The lowest BCUT2D eigenvalue weighted by Gasteiger charge is -2.21. The van der Waals surface area contributed by atoms with Crippen LogP contribution in [0.1, 0.15) is 37.7 Å². The van der Waals surface area contributed by atoms with Crippen molar-refractivity contribution in [2.75, 3.05) is 11.1 Å². The maximum absolute atomic E-state index is 12.2. The summed E-state index contributed by atoms with van der Waals surface area (Å²) in [7, 11) is 0. The lowest BCUT2D eigenvalue weighted by atomic mass is 9.86. The molecule has 3 N–H and O–H groups in total. The van der Waals surface area contributed by atoms with Gasteiger partial charge in [0.15, 0.2) is 0 Å². The number of rotatable bonds is 3. The zero-order valence-electron chi connectivity index (χ0n) is 11.8. The van der Waals surface area contributed by atoms with Crippen LogP contribution in [0.3, 0.4) is 0 Å². The molecular weight excluding hydrogens is 272 g/mol. The first-order valence-electron chi connectivity index (χ1n) is 7.38. The third kappa shape index (κ3) is 2.64. The van der Waals surface area contributed by atoms with Crippen LogP contribution in [0.4, 0.5) is 11.4 Å². The number of fused-ring (bicyclic) bond motifs is 2. The van der Waals surface area contributed by atoms with Crippen LogP contribution in [0.15, 0.2) is 12.1 Å². The summed E-state index contributed by atoms with van der Waals surface area (Å²) in [6.07, 6.45) is 5.90. The van der Waals surface area contributed by atoms with E-state index in [0.29, 0.717) is 23.0 Å². The number of nitrogens with one attached hydrogen (secondary N) is 1. The van der Waals surface area contributed by atoms with E-state index in [9.17, 15) is 4.79 Å². The van der Waals surface area contributed by atoms with Gasteiger partial charge in [-0.2, -0.15) is 0 Å². The number of halogens is 1. The first-order valence-corrected chi connectivity index (χ1v) is 7.76. The highest BCUT2D eigenvalue weighted by atomic mass is 35.5. The molecule has 1 amide bonds. The molecule has 0 aromatic heterocycles. The van der Waals surface area contributed by atoms with Crippen molar-refractivity contribution < 1.29 is 4.79 Å². The van der Waals surface area contributed by atoms with Gasteiger partial charge in [0.05, 0.1) is 10.7 Å². The number of anilines is 2. The minimum absolute atomic E-state index is 0.103. The highest BCUT2D eigenvalue weighted by Gasteiger charge is 2.40. The predicted octanol–water partition coefficient (Wildman–Crippen LogP) is 4.00. The second-order valence-electron chi connectivity index (χ2n) is 6.38. The number of hydrogen-bond acceptors (Lipinski definition) is 2. The molecule has 0 saturated heterocycles. The van der Waals surface area contributed by atoms with Crippen LogP contribution >= 0.6 is 11.6 Å². The SMILES string of the molecule is Cc1cc(N)c(Cl)cc1NC(=O)CC1CC2CCC1C2. The first kappa shape index (κ1) is 13.7. The van der Waals surface area contributed by atoms with Crippen molar-refractivity contribution in [2.24, 2.45) is 17.8 Å². The third-order valence-electron chi connectivity index (χ3n) is 4.95. The molecule has 108 valence electrons. The van der Waals surface area contributed by atoms with Gasteiger partial charge in [-0.1, -0.05) is 18.0 Å². The maximum atomic E-state index is 12.2. The Kier molecular flexibility index (Phi) is 3.63. The Morgan fingerprint density at radius 3 is 2.85 bits per heavy atom. The van der Waals surface area contributed by atoms with Gasteiger partial charge < -0.3 is 11.1 Å². The molecule has 3 nitrogen and oxygen atoms in total. The first-order chi connectivity index (χ1) is 9.52. The molecule has 3 rings (SSSR count). The van der Waals surface area contributed by atoms with E-state index in [1.165, 1.54) is 25.7 Å². The molecule has 0 aliphatic heterocycles. The van der Waals surface area contributed by atoms with E-state index in [4.69, 9.17) is 17.3 Å². The molecule has 3 atom stereocenters. The molecule has 4 heteroatoms. The molecule has 0 radical (unpaired) electrons. The quantitative estimate of drug-likeness (QED) is 0.828. The number of aryl methyl sites for hydroxylation is 1. The molecule has 2 fully saturated rings. The van der Waals surface area contributed by atoms with Crippen molar-refractivity contribution in [1.82, 2.24) is 0 Å². The van der Waals surface area contributed by atoms with Gasteiger partial charge in [-0.25, -0.2) is 0 Å². The van der Waals surface area contributed by atoms with Gasteiger partial charge in [0.2, 0.25) is 5.91 Å². The number of nitrogens with two attached hydrogens (primary N) is 1. The van der Waals surface area contributed by atoms with E-state index in [0.717, 1.165) is 23.1 Å². The van der Waals surface area contributed by atoms with Crippen LogP contribution in [0.2, 0.25) is 5.02 Å². The fourth-order valence-electron chi connectivity index (χ4n) is 3.90. The summed E-state index contributed by atoms with van der Waals surface area (Å²) in [6.45, 7) is 1.93. The minimum atomic E-state index is 0.103. The van der Waals surface area contributed by atoms with Gasteiger partial charge in [-0.3, -0.25) is 4.79 Å². The van der Waals surface area contributed by atoms with Crippen molar-refractivity contribution in [3.63, 3.8) is 0 Å². The Morgan fingerprint density at radius 1 is 1.40 bits per heavy atom. The van der Waals surface area contributed by atoms with Crippen molar-refractivity contribution in [3.8, 4) is 0 Å². The Bertz CT molecular complexity index is 544. The van der Waals surface area contributed by atoms with Crippen molar-refractivity contribution >= 4 is 28.9 Å². The molecule has 2 aliphatic rings. The lowest BCUT2D eigenvalue weighted by molar-refractivity contribution is -0.117. The van der Waals surface area contributed by atoms with Gasteiger partial charge in [-0.15, -0.1) is 0 Å². The smallest absolute Gasteiger partial charge is 0.224 e. The van der Waals surface area contributed by atoms with Gasteiger partial charge in [0, 0.05) is 12.1 Å². The average molecular weight is 293 g/mol. The zero-order valence-corrected chi connectivity index (χ0v) is 12.5. The Labute approximate surface area is 124 Å². The van der Waals surface area contributed by atoms with E-state index >= 15 is 0 Å². The normalized spacial score (nSPS) is 27.8. The monoisotopic (exact) mass is 292 g/mol. The average Bonchev–Trinajstić information content (AvgIpc) is 2.98. The van der Waals surface area contributed by atoms with Gasteiger partial charge in [0.25, 0.3) is 0 Å². The lowest BCUT2D eigenvalue weighted by Crippen LogP contribution is -2.20. The van der Waals surface area contributed by atoms with Crippen molar-refractivity contribution in [2.45, 2.75) is 39.0 Å². The summed E-state index contributed by atoms with van der Waals surface area (Å²) in [5.41, 5.74) is 8.03. The van der Waals surface area contributed by atoms with Crippen LogP contribution in [-0.2, 0) is 4.79 Å². The number of carbonyl (C=O) groups is 1. The topological polar surface area (TPSA) is 55.1 Å². The van der Waals surface area contributed by atoms with Crippen LogP contribution in [-0.4, -0.2) is 5.91 Å². The Hall–Kier alpha value is -1.22. The number of amides is 1. The summed E-state index contributed by atoms with van der Waals surface area (Å²) < 4.78 is 0. The van der Waals surface area contributed by atoms with Crippen LogP contribution < -0.4 is 11.1 Å². The van der Waals surface area contributed by atoms with Gasteiger partial charge in [-0.05, 0) is 61.6 Å². The molecular formula is C16H21ClN2O. The summed E-state index contributed by atoms with van der Waals surface area (Å²) in [5.74, 6) is 2.34. The molecule has 20 heavy (non-hydrogen) atoms. The van der Waals surface area contributed by atoms with E-state index in [1.54, 1.807) is 12.1 Å². The molecule has 0 heterocycles. The Morgan fingerprint density at radius 2 is 2.20 bits per heavy atom. The largest absolute Gasteiger partial charge is 0.398 e. The highest BCUT2D eigenvalue weighted by molar-refractivity contribution is 6.33. The number of hydrogen-bond donors (Lipinski definition) is 2. The number of nitrogen functional groups attached to an aromatic ring is 1. The summed E-state index contributed by atoms with van der Waals surface area (Å²) in [4.78, 5) is 12.2. The standard InChI is InChI=1S/C16H21ClN2O/c1-9-4-14(18)13(17)8-15(9)19-16(20)7-12-6-10-2-3-11(12)5-10/h4,8,10-12H,2-3,5-7,18H2,1H3,(H,19,20). The zero-order chi connectivity index (χ0) is 14.3. The van der Waals surface area contributed by atoms with E-state index in [-0.39, 0.29) is 5.91 Å².